The first-order valence-corrected chi connectivity index (χ1v) is 33.3. The van der Waals surface area contributed by atoms with Crippen LogP contribution in [-0.2, 0) is 28.6 Å². The normalized spacial score (nSPS) is 12.4. The first-order chi connectivity index (χ1) is 35.8. The van der Waals surface area contributed by atoms with Crippen LogP contribution in [0.3, 0.4) is 0 Å². The van der Waals surface area contributed by atoms with Gasteiger partial charge >= 0.3 is 17.9 Å². The molecule has 6 nitrogen and oxygen atoms in total. The van der Waals surface area contributed by atoms with Gasteiger partial charge in [0.2, 0.25) is 0 Å². The highest BCUT2D eigenvalue weighted by molar-refractivity contribution is 5.71. The molecule has 73 heavy (non-hydrogen) atoms. The maximum atomic E-state index is 12.9. The second-order valence-corrected chi connectivity index (χ2v) is 23.8. The molecule has 434 valence electrons. The Hall–Kier alpha value is -1.59. The standard InChI is InChI=1S/C67H130O6/c1-6-8-9-10-11-12-13-14-15-16-17-22-25-28-33-39-44-49-54-59-67(70)73-64(61-72-66(69)58-53-48-43-38-34-29-30-35-40-45-50-55-62(3)4)60-71-65(68)57-52-47-42-37-32-27-24-21-19-18-20-23-26-31-36-41-46-51-56-63(5)7-2/h62-64H,6-61H2,1-5H3/t63?,64-/m0/s1. The number of hydrogen-bond acceptors (Lipinski definition) is 6. The molecule has 1 unspecified atom stereocenters. The Balaban J connectivity index is 4.25. The summed E-state index contributed by atoms with van der Waals surface area (Å²) < 4.78 is 17.0. The molecule has 0 aliphatic heterocycles. The van der Waals surface area contributed by atoms with Gasteiger partial charge in [-0.1, -0.05) is 343 Å². The average molecular weight is 1030 g/mol. The Bertz CT molecular complexity index is 1120. The number of ether oxygens (including phenoxy) is 3. The van der Waals surface area contributed by atoms with Crippen molar-refractivity contribution in [1.82, 2.24) is 0 Å². The van der Waals surface area contributed by atoms with E-state index in [9.17, 15) is 14.4 Å². The van der Waals surface area contributed by atoms with Gasteiger partial charge in [-0.05, 0) is 31.1 Å². The lowest BCUT2D eigenvalue weighted by atomic mass is 9.99. The van der Waals surface area contributed by atoms with Crippen molar-refractivity contribution in [2.45, 2.75) is 387 Å². The molecule has 2 atom stereocenters. The zero-order valence-electron chi connectivity index (χ0n) is 50.3. The second kappa shape index (κ2) is 59.7. The van der Waals surface area contributed by atoms with Crippen molar-refractivity contribution < 1.29 is 28.6 Å². The molecule has 0 saturated heterocycles. The van der Waals surface area contributed by atoms with Crippen LogP contribution in [0.15, 0.2) is 0 Å². The van der Waals surface area contributed by atoms with Crippen LogP contribution in [0.4, 0.5) is 0 Å². The molecule has 0 heterocycles. The number of carbonyl (C=O) groups is 3. The van der Waals surface area contributed by atoms with E-state index in [1.165, 1.54) is 270 Å². The van der Waals surface area contributed by atoms with Gasteiger partial charge in [0.1, 0.15) is 13.2 Å². The topological polar surface area (TPSA) is 78.9 Å². The molecule has 0 N–H and O–H groups in total. The van der Waals surface area contributed by atoms with E-state index in [1.807, 2.05) is 0 Å². The first kappa shape index (κ1) is 71.4. The third-order valence-electron chi connectivity index (χ3n) is 15.8. The molecule has 0 radical (unpaired) electrons. The van der Waals surface area contributed by atoms with Crippen LogP contribution in [0, 0.1) is 11.8 Å². The van der Waals surface area contributed by atoms with E-state index in [1.54, 1.807) is 0 Å². The van der Waals surface area contributed by atoms with Crippen molar-refractivity contribution in [2.24, 2.45) is 11.8 Å². The van der Waals surface area contributed by atoms with Crippen molar-refractivity contribution in [1.29, 1.82) is 0 Å². The van der Waals surface area contributed by atoms with E-state index in [0.717, 1.165) is 69.6 Å². The molecular formula is C67H130O6. The number of rotatable bonds is 61. The van der Waals surface area contributed by atoms with Gasteiger partial charge < -0.3 is 14.2 Å². The lowest BCUT2D eigenvalue weighted by molar-refractivity contribution is -0.167. The molecule has 0 amide bonds. The van der Waals surface area contributed by atoms with Crippen LogP contribution < -0.4 is 0 Å². The van der Waals surface area contributed by atoms with Crippen LogP contribution in [0.1, 0.15) is 381 Å². The van der Waals surface area contributed by atoms with E-state index in [2.05, 4.69) is 34.6 Å². The smallest absolute Gasteiger partial charge is 0.306 e. The fraction of sp³-hybridized carbons (Fsp3) is 0.955. The van der Waals surface area contributed by atoms with Gasteiger partial charge in [-0.3, -0.25) is 14.4 Å². The van der Waals surface area contributed by atoms with Gasteiger partial charge in [-0.15, -0.1) is 0 Å². The monoisotopic (exact) mass is 1030 g/mol. The van der Waals surface area contributed by atoms with E-state index in [0.29, 0.717) is 19.3 Å². The van der Waals surface area contributed by atoms with E-state index < -0.39 is 6.10 Å². The van der Waals surface area contributed by atoms with Gasteiger partial charge in [-0.2, -0.15) is 0 Å². The second-order valence-electron chi connectivity index (χ2n) is 23.8. The Morgan fingerprint density at radius 1 is 0.288 bits per heavy atom. The predicted molar refractivity (Wildman–Crippen MR) is 316 cm³/mol. The highest BCUT2D eigenvalue weighted by Gasteiger charge is 2.19. The molecule has 0 aliphatic carbocycles. The minimum atomic E-state index is -0.764. The van der Waals surface area contributed by atoms with Crippen molar-refractivity contribution in [3.63, 3.8) is 0 Å². The van der Waals surface area contributed by atoms with Crippen molar-refractivity contribution >= 4 is 17.9 Å². The lowest BCUT2D eigenvalue weighted by Gasteiger charge is -2.18. The molecule has 0 aromatic rings. The summed E-state index contributed by atoms with van der Waals surface area (Å²) in [6, 6.07) is 0. The Kier molecular flexibility index (Phi) is 58.4. The van der Waals surface area contributed by atoms with Crippen LogP contribution in [0.25, 0.3) is 0 Å². The minimum absolute atomic E-state index is 0.0618. The van der Waals surface area contributed by atoms with Crippen molar-refractivity contribution in [2.75, 3.05) is 13.2 Å². The Morgan fingerprint density at radius 3 is 0.781 bits per heavy atom. The summed E-state index contributed by atoms with van der Waals surface area (Å²) >= 11 is 0. The van der Waals surface area contributed by atoms with E-state index in [-0.39, 0.29) is 31.1 Å². The van der Waals surface area contributed by atoms with E-state index in [4.69, 9.17) is 14.2 Å². The fourth-order valence-corrected chi connectivity index (χ4v) is 10.4. The summed E-state index contributed by atoms with van der Waals surface area (Å²) in [6.45, 7) is 11.5. The molecule has 0 rings (SSSR count). The minimum Gasteiger partial charge on any atom is -0.462 e. The Labute approximate surface area is 457 Å². The van der Waals surface area contributed by atoms with Gasteiger partial charge in [0.15, 0.2) is 6.10 Å². The first-order valence-electron chi connectivity index (χ1n) is 33.3. The van der Waals surface area contributed by atoms with Crippen LogP contribution >= 0.6 is 0 Å². The quantitative estimate of drug-likeness (QED) is 0.0343. The molecule has 0 fully saturated rings. The molecular weight excluding hydrogens is 901 g/mol. The number of esters is 3. The molecule has 6 heteroatoms. The molecule has 0 spiro atoms. The zero-order valence-corrected chi connectivity index (χ0v) is 50.3. The fourth-order valence-electron chi connectivity index (χ4n) is 10.4. The number of unbranched alkanes of at least 4 members (excludes halogenated alkanes) is 45. The summed E-state index contributed by atoms with van der Waals surface area (Å²) in [5, 5.41) is 0. The average Bonchev–Trinajstić information content (AvgIpc) is 3.38. The summed E-state index contributed by atoms with van der Waals surface area (Å²) in [6.07, 6.45) is 66.8. The SMILES string of the molecule is CCCCCCCCCCCCCCCCCCCCCC(=O)O[C@@H](COC(=O)CCCCCCCCCCCCCCCCCCCCC(C)CC)COC(=O)CCCCCCCCCCCCCC(C)C. The molecule has 0 saturated carbocycles. The lowest BCUT2D eigenvalue weighted by Crippen LogP contribution is -2.30. The Morgan fingerprint density at radius 2 is 0.521 bits per heavy atom. The van der Waals surface area contributed by atoms with Gasteiger partial charge in [0.25, 0.3) is 0 Å². The van der Waals surface area contributed by atoms with Gasteiger partial charge in [0.05, 0.1) is 0 Å². The van der Waals surface area contributed by atoms with Crippen LogP contribution in [0.2, 0.25) is 0 Å². The summed E-state index contributed by atoms with van der Waals surface area (Å²) in [7, 11) is 0. The van der Waals surface area contributed by atoms with Gasteiger partial charge in [-0.25, -0.2) is 0 Å². The third-order valence-corrected chi connectivity index (χ3v) is 15.8. The van der Waals surface area contributed by atoms with Gasteiger partial charge in [0, 0.05) is 19.3 Å². The molecule has 0 bridgehead atoms. The number of hydrogen-bond donors (Lipinski definition) is 0. The number of carbonyl (C=O) groups excluding carboxylic acids is 3. The van der Waals surface area contributed by atoms with Crippen molar-refractivity contribution in [3.05, 3.63) is 0 Å². The highest BCUT2D eigenvalue weighted by atomic mass is 16.6. The summed E-state index contributed by atoms with van der Waals surface area (Å²) in [5.41, 5.74) is 0. The molecule has 0 aliphatic rings. The summed E-state index contributed by atoms with van der Waals surface area (Å²) in [5.74, 6) is 0.907. The van der Waals surface area contributed by atoms with Crippen LogP contribution in [0.5, 0.6) is 0 Å². The largest absolute Gasteiger partial charge is 0.462 e. The van der Waals surface area contributed by atoms with Crippen LogP contribution in [-0.4, -0.2) is 37.2 Å². The zero-order chi connectivity index (χ0) is 53.2. The highest BCUT2D eigenvalue weighted by Crippen LogP contribution is 2.20. The maximum absolute atomic E-state index is 12.9. The molecule has 0 aromatic heterocycles. The maximum Gasteiger partial charge on any atom is 0.306 e. The third kappa shape index (κ3) is 59.5. The van der Waals surface area contributed by atoms with E-state index >= 15 is 0 Å². The predicted octanol–water partition coefficient (Wildman–Crippen LogP) is 22.4. The summed E-state index contributed by atoms with van der Waals surface area (Å²) in [4.78, 5) is 38.3. The molecule has 0 aromatic carbocycles. The van der Waals surface area contributed by atoms with Crippen molar-refractivity contribution in [3.8, 4) is 0 Å².